The Morgan fingerprint density at radius 3 is 2.78 bits per heavy atom. The predicted molar refractivity (Wildman–Crippen MR) is 73.8 cm³/mol. The number of benzene rings is 1. The van der Waals surface area contributed by atoms with Gasteiger partial charge < -0.3 is 10.6 Å². The van der Waals surface area contributed by atoms with E-state index in [0.717, 1.165) is 16.8 Å². The molecule has 92 valence electrons. The summed E-state index contributed by atoms with van der Waals surface area (Å²) in [5.41, 5.74) is 8.76. The van der Waals surface area contributed by atoms with Gasteiger partial charge in [0.15, 0.2) is 0 Å². The van der Waals surface area contributed by atoms with Crippen LogP contribution >= 0.6 is 22.9 Å². The van der Waals surface area contributed by atoms with E-state index in [0.29, 0.717) is 23.0 Å². The molecule has 0 aliphatic carbocycles. The molecule has 1 aromatic carbocycles. The van der Waals surface area contributed by atoms with Crippen LogP contribution in [-0.4, -0.2) is 10.8 Å². The van der Waals surface area contributed by atoms with Gasteiger partial charge in [-0.15, -0.1) is 11.3 Å². The van der Waals surface area contributed by atoms with Gasteiger partial charge in [-0.2, -0.15) is 0 Å². The van der Waals surface area contributed by atoms with Crippen molar-refractivity contribution in [3.05, 3.63) is 50.7 Å². The molecule has 3 nitrogen and oxygen atoms in total. The second kappa shape index (κ2) is 4.30. The van der Waals surface area contributed by atoms with Gasteiger partial charge in [0.25, 0.3) is 5.91 Å². The lowest BCUT2D eigenvalue weighted by Crippen LogP contribution is -2.24. The lowest BCUT2D eigenvalue weighted by Gasteiger charge is -2.14. The van der Waals surface area contributed by atoms with Crippen molar-refractivity contribution in [2.24, 2.45) is 0 Å². The standard InChI is InChI=1S/C13H11ClN2OS/c14-11-3-4-18-12(11)13(17)16-6-8-1-2-10(15)5-9(8)7-16/h1-5H,6-7,15H2. The van der Waals surface area contributed by atoms with E-state index in [-0.39, 0.29) is 5.91 Å². The zero-order chi connectivity index (χ0) is 12.7. The fourth-order valence-electron chi connectivity index (χ4n) is 2.15. The summed E-state index contributed by atoms with van der Waals surface area (Å²) in [6.07, 6.45) is 0. The molecule has 0 fully saturated rings. The van der Waals surface area contributed by atoms with Gasteiger partial charge in [-0.25, -0.2) is 0 Å². The molecule has 0 unspecified atom stereocenters. The van der Waals surface area contributed by atoms with E-state index in [4.69, 9.17) is 17.3 Å². The molecule has 1 amide bonds. The van der Waals surface area contributed by atoms with Crippen molar-refractivity contribution in [3.63, 3.8) is 0 Å². The molecular weight excluding hydrogens is 268 g/mol. The van der Waals surface area contributed by atoms with Crippen LogP contribution in [0, 0.1) is 0 Å². The average Bonchev–Trinajstić information content (AvgIpc) is 2.93. The van der Waals surface area contributed by atoms with Crippen molar-refractivity contribution < 1.29 is 4.79 Å². The van der Waals surface area contributed by atoms with Gasteiger partial charge in [-0.1, -0.05) is 17.7 Å². The van der Waals surface area contributed by atoms with E-state index in [1.54, 1.807) is 11.0 Å². The van der Waals surface area contributed by atoms with Crippen molar-refractivity contribution in [3.8, 4) is 0 Å². The Bertz CT molecular complexity index is 623. The monoisotopic (exact) mass is 278 g/mol. The molecule has 1 aromatic heterocycles. The minimum absolute atomic E-state index is 0.00947. The lowest BCUT2D eigenvalue weighted by molar-refractivity contribution is 0.0756. The summed E-state index contributed by atoms with van der Waals surface area (Å²) in [6, 6.07) is 7.53. The molecule has 1 aliphatic heterocycles. The van der Waals surface area contributed by atoms with Crippen LogP contribution in [0.4, 0.5) is 5.69 Å². The Kier molecular flexibility index (Phi) is 2.76. The topological polar surface area (TPSA) is 46.3 Å². The maximum absolute atomic E-state index is 12.3. The van der Waals surface area contributed by atoms with Crippen LogP contribution in [0.25, 0.3) is 0 Å². The molecule has 0 spiro atoms. The molecule has 2 N–H and O–H groups in total. The number of nitrogen functional groups attached to an aromatic ring is 1. The summed E-state index contributed by atoms with van der Waals surface area (Å²) < 4.78 is 0. The van der Waals surface area contributed by atoms with Gasteiger partial charge in [-0.3, -0.25) is 4.79 Å². The van der Waals surface area contributed by atoms with E-state index in [1.165, 1.54) is 11.3 Å². The van der Waals surface area contributed by atoms with Gasteiger partial charge in [0.05, 0.1) is 5.02 Å². The molecule has 3 rings (SSSR count). The van der Waals surface area contributed by atoms with Gasteiger partial charge >= 0.3 is 0 Å². The Morgan fingerprint density at radius 2 is 2.06 bits per heavy atom. The van der Waals surface area contributed by atoms with Crippen LogP contribution in [0.1, 0.15) is 20.8 Å². The summed E-state index contributed by atoms with van der Waals surface area (Å²) >= 11 is 7.37. The Hall–Kier alpha value is -1.52. The van der Waals surface area contributed by atoms with E-state index in [1.807, 2.05) is 23.6 Å². The third kappa shape index (κ3) is 1.87. The number of amides is 1. The Balaban J connectivity index is 1.86. The number of hydrogen-bond acceptors (Lipinski definition) is 3. The van der Waals surface area contributed by atoms with Gasteiger partial charge in [0, 0.05) is 18.8 Å². The number of thiophene rings is 1. The van der Waals surface area contributed by atoms with E-state index in [9.17, 15) is 4.79 Å². The van der Waals surface area contributed by atoms with Crippen molar-refractivity contribution in [1.29, 1.82) is 0 Å². The Morgan fingerprint density at radius 1 is 1.28 bits per heavy atom. The second-order valence-corrected chi connectivity index (χ2v) is 5.61. The van der Waals surface area contributed by atoms with E-state index in [2.05, 4.69) is 0 Å². The number of carbonyl (C=O) groups is 1. The first-order chi connectivity index (χ1) is 8.65. The van der Waals surface area contributed by atoms with Crippen molar-refractivity contribution in [2.75, 3.05) is 5.73 Å². The highest BCUT2D eigenvalue weighted by Gasteiger charge is 2.26. The fourth-order valence-corrected chi connectivity index (χ4v) is 3.25. The SMILES string of the molecule is Nc1ccc2c(c1)CN(C(=O)c1sccc1Cl)C2. The van der Waals surface area contributed by atoms with Crippen molar-refractivity contribution in [1.82, 2.24) is 4.90 Å². The van der Waals surface area contributed by atoms with Gasteiger partial charge in [-0.05, 0) is 34.7 Å². The zero-order valence-electron chi connectivity index (χ0n) is 9.52. The number of nitrogens with zero attached hydrogens (tertiary/aromatic N) is 1. The van der Waals surface area contributed by atoms with Gasteiger partial charge in [0.2, 0.25) is 0 Å². The molecule has 0 bridgehead atoms. The van der Waals surface area contributed by atoms with Crippen LogP contribution in [0.3, 0.4) is 0 Å². The van der Waals surface area contributed by atoms with Crippen LogP contribution in [-0.2, 0) is 13.1 Å². The van der Waals surface area contributed by atoms with E-state index < -0.39 is 0 Å². The maximum atomic E-state index is 12.3. The maximum Gasteiger partial charge on any atom is 0.266 e. The molecule has 2 aromatic rings. The number of fused-ring (bicyclic) bond motifs is 1. The predicted octanol–water partition coefficient (Wildman–Crippen LogP) is 3.14. The number of nitrogens with two attached hydrogens (primary N) is 1. The zero-order valence-corrected chi connectivity index (χ0v) is 11.1. The van der Waals surface area contributed by atoms with Crippen LogP contribution in [0.5, 0.6) is 0 Å². The fraction of sp³-hybridized carbons (Fsp3) is 0.154. The summed E-state index contributed by atoms with van der Waals surface area (Å²) in [6.45, 7) is 1.23. The number of carbonyl (C=O) groups excluding carboxylic acids is 1. The highest BCUT2D eigenvalue weighted by Crippen LogP contribution is 2.29. The lowest BCUT2D eigenvalue weighted by atomic mass is 10.1. The quantitative estimate of drug-likeness (QED) is 0.815. The van der Waals surface area contributed by atoms with Crippen LogP contribution in [0.2, 0.25) is 5.02 Å². The summed E-state index contributed by atoms with van der Waals surface area (Å²) in [4.78, 5) is 14.7. The third-order valence-electron chi connectivity index (χ3n) is 3.05. The molecular formula is C13H11ClN2OS. The third-order valence-corrected chi connectivity index (χ3v) is 4.38. The average molecular weight is 279 g/mol. The molecule has 1 aliphatic rings. The van der Waals surface area contributed by atoms with Crippen molar-refractivity contribution in [2.45, 2.75) is 13.1 Å². The number of halogens is 1. The first-order valence-corrected chi connectivity index (χ1v) is 6.80. The van der Waals surface area contributed by atoms with E-state index >= 15 is 0 Å². The van der Waals surface area contributed by atoms with Crippen LogP contribution in [0.15, 0.2) is 29.6 Å². The number of rotatable bonds is 1. The first kappa shape index (κ1) is 11.6. The minimum Gasteiger partial charge on any atom is -0.399 e. The molecule has 5 heteroatoms. The molecule has 0 saturated carbocycles. The minimum atomic E-state index is -0.00947. The van der Waals surface area contributed by atoms with Crippen molar-refractivity contribution >= 4 is 34.5 Å². The molecule has 0 atom stereocenters. The molecule has 0 saturated heterocycles. The van der Waals surface area contributed by atoms with Crippen LogP contribution < -0.4 is 5.73 Å². The summed E-state index contributed by atoms with van der Waals surface area (Å²) in [7, 11) is 0. The second-order valence-electron chi connectivity index (χ2n) is 4.29. The number of anilines is 1. The first-order valence-electron chi connectivity index (χ1n) is 5.54. The molecule has 0 radical (unpaired) electrons. The Labute approximate surface area is 114 Å². The summed E-state index contributed by atoms with van der Waals surface area (Å²) in [5, 5.41) is 2.36. The number of hydrogen-bond donors (Lipinski definition) is 1. The molecule has 18 heavy (non-hydrogen) atoms. The normalized spacial score (nSPS) is 13.7. The largest absolute Gasteiger partial charge is 0.399 e. The highest BCUT2D eigenvalue weighted by atomic mass is 35.5. The highest BCUT2D eigenvalue weighted by molar-refractivity contribution is 7.12. The molecule has 2 heterocycles. The summed E-state index contributed by atoms with van der Waals surface area (Å²) in [5.74, 6) is -0.00947. The smallest absolute Gasteiger partial charge is 0.266 e. The van der Waals surface area contributed by atoms with Gasteiger partial charge in [0.1, 0.15) is 4.88 Å².